The molecule has 1 aromatic heterocycles. The molecule has 1 aliphatic rings. The summed E-state index contributed by atoms with van der Waals surface area (Å²) in [7, 11) is 0. The van der Waals surface area contributed by atoms with E-state index in [-0.39, 0.29) is 5.82 Å². The van der Waals surface area contributed by atoms with Gasteiger partial charge >= 0.3 is 0 Å². The maximum atomic E-state index is 14.2. The van der Waals surface area contributed by atoms with Crippen molar-refractivity contribution in [2.24, 2.45) is 5.92 Å². The number of benzene rings is 1. The van der Waals surface area contributed by atoms with Crippen molar-refractivity contribution in [2.75, 3.05) is 6.61 Å². The summed E-state index contributed by atoms with van der Waals surface area (Å²) in [6.07, 6.45) is 6.98. The highest BCUT2D eigenvalue weighted by molar-refractivity contribution is 5.61. The second-order valence-corrected chi connectivity index (χ2v) is 6.51. The highest BCUT2D eigenvalue weighted by atomic mass is 19.1. The van der Waals surface area contributed by atoms with E-state index in [4.69, 9.17) is 4.74 Å². The Kier molecular flexibility index (Phi) is 4.94. The number of halogens is 1. The lowest BCUT2D eigenvalue weighted by Crippen LogP contribution is -2.11. The van der Waals surface area contributed by atoms with E-state index in [0.29, 0.717) is 29.5 Å². The van der Waals surface area contributed by atoms with Crippen LogP contribution in [-0.4, -0.2) is 11.6 Å². The van der Waals surface area contributed by atoms with Crippen molar-refractivity contribution in [1.29, 1.82) is 0 Å². The molecule has 23 heavy (non-hydrogen) atoms. The zero-order valence-electron chi connectivity index (χ0n) is 13.9. The average Bonchev–Trinajstić information content (AvgIpc) is 2.56. The summed E-state index contributed by atoms with van der Waals surface area (Å²) in [5, 5.41) is 0. The summed E-state index contributed by atoms with van der Waals surface area (Å²) in [4.78, 5) is 4.50. The third-order valence-corrected chi connectivity index (χ3v) is 4.80. The molecule has 122 valence electrons. The molecule has 0 N–H and O–H groups in total. The third kappa shape index (κ3) is 3.72. The van der Waals surface area contributed by atoms with E-state index in [1.54, 1.807) is 12.1 Å². The molecule has 0 unspecified atom stereocenters. The number of hydrogen-bond donors (Lipinski definition) is 0. The molecule has 0 bridgehead atoms. The highest BCUT2D eigenvalue weighted by Crippen LogP contribution is 2.35. The van der Waals surface area contributed by atoms with Crippen LogP contribution in [-0.2, 0) is 0 Å². The Balaban J connectivity index is 1.77. The molecule has 1 aliphatic carbocycles. The van der Waals surface area contributed by atoms with Gasteiger partial charge in [-0.3, -0.25) is 4.98 Å². The van der Waals surface area contributed by atoms with Gasteiger partial charge in [0.15, 0.2) is 0 Å². The lowest BCUT2D eigenvalue weighted by Gasteiger charge is -2.26. The second-order valence-electron chi connectivity index (χ2n) is 6.51. The summed E-state index contributed by atoms with van der Waals surface area (Å²) in [6, 6.07) is 9.01. The molecule has 0 radical (unpaired) electrons. The van der Waals surface area contributed by atoms with Gasteiger partial charge < -0.3 is 4.74 Å². The Morgan fingerprint density at radius 2 is 1.91 bits per heavy atom. The molecule has 1 saturated carbocycles. The van der Waals surface area contributed by atoms with Gasteiger partial charge in [-0.2, -0.15) is 0 Å². The van der Waals surface area contributed by atoms with E-state index in [1.165, 1.54) is 37.3 Å². The molecular weight excluding hydrogens is 289 g/mol. The van der Waals surface area contributed by atoms with E-state index in [2.05, 4.69) is 18.0 Å². The van der Waals surface area contributed by atoms with E-state index in [9.17, 15) is 4.39 Å². The Morgan fingerprint density at radius 3 is 2.52 bits per heavy atom. The van der Waals surface area contributed by atoms with Crippen molar-refractivity contribution >= 4 is 0 Å². The molecule has 1 aromatic carbocycles. The predicted molar refractivity (Wildman–Crippen MR) is 91.2 cm³/mol. The van der Waals surface area contributed by atoms with Gasteiger partial charge in [-0.15, -0.1) is 0 Å². The van der Waals surface area contributed by atoms with Crippen LogP contribution in [0.25, 0.3) is 11.3 Å². The Labute approximate surface area is 137 Å². The zero-order chi connectivity index (χ0) is 16.2. The van der Waals surface area contributed by atoms with E-state index in [1.807, 2.05) is 19.2 Å². The molecule has 2 aromatic rings. The van der Waals surface area contributed by atoms with E-state index >= 15 is 0 Å². The van der Waals surface area contributed by atoms with Crippen molar-refractivity contribution in [2.45, 2.75) is 45.4 Å². The number of nitrogens with zero attached hydrogens (tertiary/aromatic N) is 1. The van der Waals surface area contributed by atoms with Gasteiger partial charge in [-0.25, -0.2) is 4.39 Å². The Bertz CT molecular complexity index is 645. The maximum Gasteiger partial charge on any atom is 0.136 e. The summed E-state index contributed by atoms with van der Waals surface area (Å²) in [6.45, 7) is 4.75. The molecular formula is C20H24FNO. The standard InChI is InChI=1S/C20H24FNO/c1-3-23-17-9-10-18(19(21)12-17)20-11-8-16(13-22-20)15-6-4-14(2)5-7-15/h8-15H,3-7H2,1-2H3/t14-,15-. The monoisotopic (exact) mass is 313 g/mol. The van der Waals surface area contributed by atoms with Crippen LogP contribution in [0.1, 0.15) is 51.0 Å². The van der Waals surface area contributed by atoms with Crippen LogP contribution in [0, 0.1) is 11.7 Å². The van der Waals surface area contributed by atoms with Crippen molar-refractivity contribution < 1.29 is 9.13 Å². The molecule has 0 spiro atoms. The van der Waals surface area contributed by atoms with Crippen LogP contribution in [0.3, 0.4) is 0 Å². The van der Waals surface area contributed by atoms with E-state index in [0.717, 1.165) is 5.92 Å². The number of aromatic nitrogens is 1. The molecule has 1 fully saturated rings. The normalized spacial score (nSPS) is 21.2. The van der Waals surface area contributed by atoms with Crippen molar-refractivity contribution in [3.05, 3.63) is 47.9 Å². The third-order valence-electron chi connectivity index (χ3n) is 4.80. The summed E-state index contributed by atoms with van der Waals surface area (Å²) in [5.74, 6) is 1.72. The van der Waals surface area contributed by atoms with Crippen molar-refractivity contribution in [3.63, 3.8) is 0 Å². The van der Waals surface area contributed by atoms with E-state index < -0.39 is 0 Å². The summed E-state index contributed by atoms with van der Waals surface area (Å²) < 4.78 is 19.6. The minimum absolute atomic E-state index is 0.289. The number of ether oxygens (including phenoxy) is 1. The van der Waals surface area contributed by atoms with Gasteiger partial charge in [0.25, 0.3) is 0 Å². The number of pyridine rings is 1. The topological polar surface area (TPSA) is 22.1 Å². The fourth-order valence-electron chi connectivity index (χ4n) is 3.36. The summed E-state index contributed by atoms with van der Waals surface area (Å²) in [5.41, 5.74) is 2.49. The average molecular weight is 313 g/mol. The molecule has 0 atom stereocenters. The molecule has 3 heteroatoms. The van der Waals surface area contributed by atoms with Crippen LogP contribution in [0.4, 0.5) is 4.39 Å². The lowest BCUT2D eigenvalue weighted by atomic mass is 9.80. The van der Waals surface area contributed by atoms with Gasteiger partial charge in [-0.05, 0) is 55.4 Å². The first-order valence-electron chi connectivity index (χ1n) is 8.56. The minimum Gasteiger partial charge on any atom is -0.494 e. The van der Waals surface area contributed by atoms with Gasteiger partial charge in [0.05, 0.1) is 12.3 Å². The number of hydrogen-bond acceptors (Lipinski definition) is 2. The van der Waals surface area contributed by atoms with Crippen LogP contribution in [0.15, 0.2) is 36.5 Å². The fraction of sp³-hybridized carbons (Fsp3) is 0.450. The molecule has 0 aliphatic heterocycles. The first kappa shape index (κ1) is 16.0. The second kappa shape index (κ2) is 7.12. The van der Waals surface area contributed by atoms with Crippen LogP contribution in [0.2, 0.25) is 0 Å². The molecule has 0 saturated heterocycles. The SMILES string of the molecule is CCOc1ccc(-c2ccc([C@H]3CC[C@H](C)CC3)cn2)c(F)c1. The molecule has 2 nitrogen and oxygen atoms in total. The predicted octanol–water partition coefficient (Wildman–Crippen LogP) is 5.58. The largest absolute Gasteiger partial charge is 0.494 e. The first-order chi connectivity index (χ1) is 11.2. The number of rotatable bonds is 4. The van der Waals surface area contributed by atoms with Crippen LogP contribution in [0.5, 0.6) is 5.75 Å². The lowest BCUT2D eigenvalue weighted by molar-refractivity contribution is 0.338. The molecule has 1 heterocycles. The first-order valence-corrected chi connectivity index (χ1v) is 8.56. The van der Waals surface area contributed by atoms with Gasteiger partial charge in [-0.1, -0.05) is 25.8 Å². The maximum absolute atomic E-state index is 14.2. The van der Waals surface area contributed by atoms with Crippen molar-refractivity contribution in [1.82, 2.24) is 4.98 Å². The quantitative estimate of drug-likeness (QED) is 0.735. The fourth-order valence-corrected chi connectivity index (χ4v) is 3.36. The van der Waals surface area contributed by atoms with Gasteiger partial charge in [0.1, 0.15) is 11.6 Å². The zero-order valence-corrected chi connectivity index (χ0v) is 13.9. The van der Waals surface area contributed by atoms with Gasteiger partial charge in [0.2, 0.25) is 0 Å². The van der Waals surface area contributed by atoms with Crippen LogP contribution < -0.4 is 4.74 Å². The van der Waals surface area contributed by atoms with Gasteiger partial charge in [0, 0.05) is 17.8 Å². The Hall–Kier alpha value is -1.90. The minimum atomic E-state index is -0.289. The molecule has 3 rings (SSSR count). The van der Waals surface area contributed by atoms with Crippen LogP contribution >= 0.6 is 0 Å². The Morgan fingerprint density at radius 1 is 1.13 bits per heavy atom. The molecule has 0 amide bonds. The summed E-state index contributed by atoms with van der Waals surface area (Å²) >= 11 is 0. The highest BCUT2D eigenvalue weighted by Gasteiger charge is 2.20. The smallest absolute Gasteiger partial charge is 0.136 e. The van der Waals surface area contributed by atoms with Crippen molar-refractivity contribution in [3.8, 4) is 17.0 Å².